The monoisotopic (exact) mass is 509 g/mol. The van der Waals surface area contributed by atoms with Gasteiger partial charge in [-0.3, -0.25) is 9.78 Å². The molecule has 0 amide bonds. The third-order valence-corrected chi connectivity index (χ3v) is 6.69. The molecule has 0 bridgehead atoms. The molecule has 2 aromatic heterocycles. The van der Waals surface area contributed by atoms with E-state index in [0.29, 0.717) is 23.5 Å². The molecule has 6 rings (SSSR count). The van der Waals surface area contributed by atoms with Crippen LogP contribution in [0.3, 0.4) is 0 Å². The van der Waals surface area contributed by atoms with Gasteiger partial charge < -0.3 is 9.15 Å². The fourth-order valence-corrected chi connectivity index (χ4v) is 4.82. The molecule has 0 N–H and O–H groups in total. The minimum Gasteiger partial charge on any atom is -0.488 e. The third-order valence-electron chi connectivity index (χ3n) is 6.20. The molecule has 5 heteroatoms. The molecule has 1 aliphatic heterocycles. The maximum atomic E-state index is 13.5. The number of pyridine rings is 1. The van der Waals surface area contributed by atoms with Crippen LogP contribution in [0.15, 0.2) is 81.8 Å². The van der Waals surface area contributed by atoms with E-state index < -0.39 is 0 Å². The largest absolute Gasteiger partial charge is 0.488 e. The lowest BCUT2D eigenvalue weighted by Crippen LogP contribution is -2.08. The molecule has 3 heterocycles. The van der Waals surface area contributed by atoms with Crippen molar-refractivity contribution in [2.45, 2.75) is 20.5 Å². The SMILES string of the molecule is Cc1ccc(C(=O)c2oc3ccc(Br)cc3c2-c2cnc3c(c2)COc2ccc(C)cc2-3)cc1. The zero-order chi connectivity index (χ0) is 23.4. The van der Waals surface area contributed by atoms with Gasteiger partial charge in [-0.2, -0.15) is 0 Å². The van der Waals surface area contributed by atoms with Crippen molar-refractivity contribution < 1.29 is 13.9 Å². The number of fused-ring (bicyclic) bond motifs is 4. The second-order valence-electron chi connectivity index (χ2n) is 8.66. The van der Waals surface area contributed by atoms with Crippen molar-refractivity contribution >= 4 is 32.7 Å². The van der Waals surface area contributed by atoms with Gasteiger partial charge in [0.05, 0.1) is 5.69 Å². The summed E-state index contributed by atoms with van der Waals surface area (Å²) in [6.45, 7) is 4.48. The third kappa shape index (κ3) is 3.44. The Bertz CT molecular complexity index is 1600. The Kier molecular flexibility index (Phi) is 4.89. The molecule has 0 unspecified atom stereocenters. The molecular formula is C29H20BrNO3. The Labute approximate surface area is 205 Å². The number of nitrogens with zero attached hydrogens (tertiary/aromatic N) is 1. The van der Waals surface area contributed by atoms with E-state index in [9.17, 15) is 4.79 Å². The highest BCUT2D eigenvalue weighted by Gasteiger charge is 2.26. The molecule has 0 atom stereocenters. The van der Waals surface area contributed by atoms with Gasteiger partial charge in [0.2, 0.25) is 5.78 Å². The summed E-state index contributed by atoms with van der Waals surface area (Å²) >= 11 is 3.56. The summed E-state index contributed by atoms with van der Waals surface area (Å²) in [6, 6.07) is 21.5. The van der Waals surface area contributed by atoms with Crippen molar-refractivity contribution in [3.8, 4) is 28.1 Å². The molecule has 0 spiro atoms. The summed E-state index contributed by atoms with van der Waals surface area (Å²) in [5.74, 6) is 0.996. The molecule has 0 fully saturated rings. The molecule has 1 aliphatic rings. The van der Waals surface area contributed by atoms with Crippen molar-refractivity contribution in [2.75, 3.05) is 0 Å². The Hall–Kier alpha value is -3.70. The molecule has 5 aromatic rings. The number of aromatic nitrogens is 1. The van der Waals surface area contributed by atoms with E-state index in [2.05, 4.69) is 35.0 Å². The number of hydrogen-bond acceptors (Lipinski definition) is 4. The number of ether oxygens (including phenoxy) is 1. The van der Waals surface area contributed by atoms with Crippen LogP contribution >= 0.6 is 15.9 Å². The number of aryl methyl sites for hydroxylation is 2. The molecule has 0 saturated carbocycles. The molecule has 166 valence electrons. The first-order chi connectivity index (χ1) is 16.5. The molecule has 0 aliphatic carbocycles. The first-order valence-electron chi connectivity index (χ1n) is 11.0. The van der Waals surface area contributed by atoms with Crippen LogP contribution in [0, 0.1) is 13.8 Å². The highest BCUT2D eigenvalue weighted by Crippen LogP contribution is 2.41. The van der Waals surface area contributed by atoms with E-state index in [1.165, 1.54) is 0 Å². The molecule has 34 heavy (non-hydrogen) atoms. The Balaban J connectivity index is 1.55. The summed E-state index contributed by atoms with van der Waals surface area (Å²) in [7, 11) is 0. The zero-order valence-corrected chi connectivity index (χ0v) is 20.3. The lowest BCUT2D eigenvalue weighted by atomic mass is 9.95. The van der Waals surface area contributed by atoms with E-state index in [1.54, 1.807) is 0 Å². The smallest absolute Gasteiger partial charge is 0.228 e. The van der Waals surface area contributed by atoms with Gasteiger partial charge in [0.1, 0.15) is 17.9 Å². The number of rotatable bonds is 3. The molecule has 4 nitrogen and oxygen atoms in total. The minimum absolute atomic E-state index is 0.155. The van der Waals surface area contributed by atoms with E-state index in [-0.39, 0.29) is 5.78 Å². The van der Waals surface area contributed by atoms with Crippen LogP contribution in [-0.4, -0.2) is 10.8 Å². The standard InChI is InChI=1S/C29H20BrNO3/c1-16-3-6-18(7-4-16)28(32)29-26(22-13-21(30)8-10-25(22)34-29)19-12-20-15-33-24-9-5-17(2)11-23(24)27(20)31-14-19/h3-14H,15H2,1-2H3. The normalized spacial score (nSPS) is 12.2. The number of furan rings is 1. The zero-order valence-electron chi connectivity index (χ0n) is 18.7. The van der Waals surface area contributed by atoms with Crippen molar-refractivity contribution in [1.29, 1.82) is 0 Å². The fourth-order valence-electron chi connectivity index (χ4n) is 4.46. The van der Waals surface area contributed by atoms with Gasteiger partial charge in [-0.25, -0.2) is 0 Å². The van der Waals surface area contributed by atoms with Crippen LogP contribution in [0.1, 0.15) is 32.8 Å². The van der Waals surface area contributed by atoms with E-state index in [0.717, 1.165) is 54.7 Å². The first kappa shape index (κ1) is 20.9. The van der Waals surface area contributed by atoms with Crippen molar-refractivity contribution in [2.24, 2.45) is 0 Å². The van der Waals surface area contributed by atoms with E-state index in [1.807, 2.05) is 67.7 Å². The summed E-state index contributed by atoms with van der Waals surface area (Å²) in [5.41, 5.74) is 7.94. The summed E-state index contributed by atoms with van der Waals surface area (Å²) in [4.78, 5) is 18.4. The highest BCUT2D eigenvalue weighted by molar-refractivity contribution is 9.10. The van der Waals surface area contributed by atoms with Crippen LogP contribution in [0.5, 0.6) is 5.75 Å². The lowest BCUT2D eigenvalue weighted by molar-refractivity contribution is 0.101. The number of ketones is 1. The van der Waals surface area contributed by atoms with E-state index in [4.69, 9.17) is 14.1 Å². The maximum Gasteiger partial charge on any atom is 0.228 e. The highest BCUT2D eigenvalue weighted by atomic mass is 79.9. The van der Waals surface area contributed by atoms with E-state index >= 15 is 0 Å². The Morgan fingerprint density at radius 3 is 2.56 bits per heavy atom. The average Bonchev–Trinajstić information content (AvgIpc) is 3.22. The van der Waals surface area contributed by atoms with Crippen LogP contribution < -0.4 is 4.74 Å². The summed E-state index contributed by atoms with van der Waals surface area (Å²) in [6.07, 6.45) is 1.83. The molecule has 3 aromatic carbocycles. The topological polar surface area (TPSA) is 52.3 Å². The lowest BCUT2D eigenvalue weighted by Gasteiger charge is -2.21. The van der Waals surface area contributed by atoms with Gasteiger partial charge in [0, 0.05) is 43.9 Å². The van der Waals surface area contributed by atoms with Gasteiger partial charge >= 0.3 is 0 Å². The Morgan fingerprint density at radius 1 is 0.941 bits per heavy atom. The number of hydrogen-bond donors (Lipinski definition) is 0. The van der Waals surface area contributed by atoms with Gasteiger partial charge in [0.25, 0.3) is 0 Å². The number of carbonyl (C=O) groups excluding carboxylic acids is 1. The summed E-state index contributed by atoms with van der Waals surface area (Å²) < 4.78 is 13.1. The van der Waals surface area contributed by atoms with Gasteiger partial charge in [0.15, 0.2) is 5.76 Å². The van der Waals surface area contributed by atoms with Gasteiger partial charge in [-0.05, 0) is 50.2 Å². The van der Waals surface area contributed by atoms with Crippen LogP contribution in [-0.2, 0) is 6.61 Å². The average molecular weight is 510 g/mol. The van der Waals surface area contributed by atoms with Gasteiger partial charge in [-0.15, -0.1) is 0 Å². The summed E-state index contributed by atoms with van der Waals surface area (Å²) in [5, 5.41) is 0.861. The van der Waals surface area contributed by atoms with Crippen molar-refractivity contribution in [3.63, 3.8) is 0 Å². The Morgan fingerprint density at radius 2 is 1.74 bits per heavy atom. The van der Waals surface area contributed by atoms with Crippen molar-refractivity contribution in [3.05, 3.63) is 105 Å². The van der Waals surface area contributed by atoms with Crippen molar-refractivity contribution in [1.82, 2.24) is 4.98 Å². The quantitative estimate of drug-likeness (QED) is 0.234. The number of halogens is 1. The minimum atomic E-state index is -0.155. The maximum absolute atomic E-state index is 13.5. The van der Waals surface area contributed by atoms with Crippen LogP contribution in [0.2, 0.25) is 0 Å². The van der Waals surface area contributed by atoms with Gasteiger partial charge in [-0.1, -0.05) is 57.4 Å². The molecule has 0 saturated heterocycles. The number of benzene rings is 3. The van der Waals surface area contributed by atoms with Crippen LogP contribution in [0.25, 0.3) is 33.4 Å². The fraction of sp³-hybridized carbons (Fsp3) is 0.103. The molecular weight excluding hydrogens is 490 g/mol. The predicted octanol–water partition coefficient (Wildman–Crippen LogP) is 7.66. The second-order valence-corrected chi connectivity index (χ2v) is 9.58. The second kappa shape index (κ2) is 7.96. The predicted molar refractivity (Wildman–Crippen MR) is 136 cm³/mol. The van der Waals surface area contributed by atoms with Crippen LogP contribution in [0.4, 0.5) is 0 Å². The molecule has 0 radical (unpaired) electrons. The first-order valence-corrected chi connectivity index (χ1v) is 11.8. The number of carbonyl (C=O) groups is 1.